The highest BCUT2D eigenvalue weighted by molar-refractivity contribution is 5.68. The van der Waals surface area contributed by atoms with Gasteiger partial charge < -0.3 is 15.0 Å². The summed E-state index contributed by atoms with van der Waals surface area (Å²) < 4.78 is 5.22. The van der Waals surface area contributed by atoms with E-state index in [-0.39, 0.29) is 12.2 Å². The molecule has 2 unspecified atom stereocenters. The molecule has 2 rings (SSSR count). The van der Waals surface area contributed by atoms with Crippen molar-refractivity contribution in [2.24, 2.45) is 11.8 Å². The van der Waals surface area contributed by atoms with E-state index < -0.39 is 0 Å². The average Bonchev–Trinajstić information content (AvgIpc) is 2.16. The third-order valence-corrected chi connectivity index (χ3v) is 3.08. The lowest BCUT2D eigenvalue weighted by atomic mass is 9.86. The van der Waals surface area contributed by atoms with E-state index in [0.29, 0.717) is 11.8 Å². The monoisotopic (exact) mass is 212 g/mol. The Morgan fingerprint density at radius 3 is 2.47 bits per heavy atom. The van der Waals surface area contributed by atoms with Gasteiger partial charge in [-0.3, -0.25) is 0 Å². The molecule has 2 aliphatic rings. The number of carbonyl (C=O) groups excluding carboxylic acids is 1. The van der Waals surface area contributed by atoms with Crippen molar-refractivity contribution in [2.75, 3.05) is 26.2 Å². The minimum Gasteiger partial charge on any atom is -0.447 e. The van der Waals surface area contributed by atoms with Crippen molar-refractivity contribution in [2.45, 2.75) is 26.4 Å². The van der Waals surface area contributed by atoms with Crippen LogP contribution in [0.5, 0.6) is 0 Å². The van der Waals surface area contributed by atoms with Gasteiger partial charge >= 0.3 is 6.09 Å². The van der Waals surface area contributed by atoms with E-state index in [0.717, 1.165) is 26.2 Å². The third kappa shape index (κ3) is 2.62. The number of rotatable bonds is 1. The van der Waals surface area contributed by atoms with E-state index in [2.05, 4.69) is 5.32 Å². The number of hydrogen-bond donors (Lipinski definition) is 1. The Morgan fingerprint density at radius 1 is 1.33 bits per heavy atom. The van der Waals surface area contributed by atoms with Crippen molar-refractivity contribution < 1.29 is 9.53 Å². The van der Waals surface area contributed by atoms with Gasteiger partial charge in [0.2, 0.25) is 0 Å². The van der Waals surface area contributed by atoms with Crippen LogP contribution in [0, 0.1) is 11.8 Å². The van der Waals surface area contributed by atoms with Crippen molar-refractivity contribution in [1.29, 1.82) is 0 Å². The zero-order valence-electron chi connectivity index (χ0n) is 9.53. The molecular weight excluding hydrogens is 192 g/mol. The van der Waals surface area contributed by atoms with Gasteiger partial charge in [0, 0.05) is 13.1 Å². The summed E-state index contributed by atoms with van der Waals surface area (Å²) in [6, 6.07) is 0. The number of nitrogens with one attached hydrogen (secondary N) is 1. The zero-order chi connectivity index (χ0) is 10.8. The highest BCUT2D eigenvalue weighted by Crippen LogP contribution is 2.24. The van der Waals surface area contributed by atoms with Crippen LogP contribution in [0.1, 0.15) is 20.3 Å². The maximum Gasteiger partial charge on any atom is 0.410 e. The van der Waals surface area contributed by atoms with E-state index in [1.54, 1.807) is 0 Å². The summed E-state index contributed by atoms with van der Waals surface area (Å²) in [5, 5.41) is 3.41. The summed E-state index contributed by atoms with van der Waals surface area (Å²) >= 11 is 0. The molecule has 2 atom stereocenters. The number of ether oxygens (including phenoxy) is 1. The Morgan fingerprint density at radius 2 is 1.93 bits per heavy atom. The molecule has 2 heterocycles. The quantitative estimate of drug-likeness (QED) is 0.707. The van der Waals surface area contributed by atoms with Gasteiger partial charge in [-0.1, -0.05) is 0 Å². The molecule has 0 spiro atoms. The third-order valence-electron chi connectivity index (χ3n) is 3.08. The molecule has 86 valence electrons. The van der Waals surface area contributed by atoms with Gasteiger partial charge in [0.25, 0.3) is 0 Å². The van der Waals surface area contributed by atoms with Crippen LogP contribution in [0.2, 0.25) is 0 Å². The van der Waals surface area contributed by atoms with Gasteiger partial charge in [0.05, 0.1) is 6.10 Å². The summed E-state index contributed by atoms with van der Waals surface area (Å²) in [4.78, 5) is 13.6. The number of likely N-dealkylation sites (tertiary alicyclic amines) is 1. The molecule has 15 heavy (non-hydrogen) atoms. The Bertz CT molecular complexity index is 231. The molecule has 0 aromatic heterocycles. The standard InChI is InChI=1S/C11H20N2O2/c1-8(2)15-11(14)13-6-9-3-10(7-13)5-12-4-9/h8-10,12H,3-7H2,1-2H3. The first-order chi connectivity index (χ1) is 7.15. The van der Waals surface area contributed by atoms with Crippen molar-refractivity contribution >= 4 is 6.09 Å². The Balaban J connectivity index is 1.90. The smallest absolute Gasteiger partial charge is 0.410 e. The Kier molecular flexibility index (Phi) is 3.14. The largest absolute Gasteiger partial charge is 0.447 e. The molecule has 2 aliphatic heterocycles. The van der Waals surface area contributed by atoms with Gasteiger partial charge in [-0.2, -0.15) is 0 Å². The summed E-state index contributed by atoms with van der Waals surface area (Å²) in [5.74, 6) is 1.24. The highest BCUT2D eigenvalue weighted by Gasteiger charge is 2.33. The topological polar surface area (TPSA) is 41.6 Å². The fourth-order valence-corrected chi connectivity index (χ4v) is 2.53. The van der Waals surface area contributed by atoms with E-state index in [1.807, 2.05) is 18.7 Å². The predicted octanol–water partition coefficient (Wildman–Crippen LogP) is 1.07. The zero-order valence-corrected chi connectivity index (χ0v) is 9.53. The van der Waals surface area contributed by atoms with Crippen molar-refractivity contribution in [3.05, 3.63) is 0 Å². The van der Waals surface area contributed by atoms with Crippen LogP contribution in [-0.4, -0.2) is 43.3 Å². The highest BCUT2D eigenvalue weighted by atomic mass is 16.6. The number of nitrogens with zero attached hydrogens (tertiary/aromatic N) is 1. The second kappa shape index (κ2) is 4.39. The van der Waals surface area contributed by atoms with Crippen LogP contribution in [0.3, 0.4) is 0 Å². The number of amides is 1. The second-order valence-corrected chi connectivity index (χ2v) is 4.96. The SMILES string of the molecule is CC(C)OC(=O)N1CC2CNCC(C2)C1. The fourth-order valence-electron chi connectivity index (χ4n) is 2.53. The first-order valence-corrected chi connectivity index (χ1v) is 5.81. The molecule has 0 aromatic carbocycles. The number of piperidine rings is 2. The van der Waals surface area contributed by atoms with Crippen LogP contribution in [-0.2, 0) is 4.74 Å². The normalized spacial score (nSPS) is 30.5. The molecule has 0 radical (unpaired) electrons. The Hall–Kier alpha value is -0.770. The first-order valence-electron chi connectivity index (χ1n) is 5.81. The molecule has 2 fully saturated rings. The maximum atomic E-state index is 11.7. The summed E-state index contributed by atoms with van der Waals surface area (Å²) in [5.41, 5.74) is 0. The predicted molar refractivity (Wildman–Crippen MR) is 57.7 cm³/mol. The van der Waals surface area contributed by atoms with Crippen molar-refractivity contribution in [1.82, 2.24) is 10.2 Å². The minimum absolute atomic E-state index is 0.0163. The molecule has 0 aliphatic carbocycles. The fraction of sp³-hybridized carbons (Fsp3) is 0.909. The van der Waals surface area contributed by atoms with E-state index in [1.165, 1.54) is 6.42 Å². The lowest BCUT2D eigenvalue weighted by Gasteiger charge is -2.41. The number of fused-ring (bicyclic) bond motifs is 2. The van der Waals surface area contributed by atoms with E-state index in [4.69, 9.17) is 4.74 Å². The Labute approximate surface area is 91.0 Å². The molecule has 1 amide bonds. The summed E-state index contributed by atoms with van der Waals surface area (Å²) in [7, 11) is 0. The lowest BCUT2D eigenvalue weighted by molar-refractivity contribution is 0.0430. The van der Waals surface area contributed by atoms with Gasteiger partial charge in [-0.15, -0.1) is 0 Å². The molecule has 0 saturated carbocycles. The van der Waals surface area contributed by atoms with Crippen LogP contribution < -0.4 is 5.32 Å². The molecule has 2 bridgehead atoms. The summed E-state index contributed by atoms with van der Waals surface area (Å²) in [6.07, 6.45) is 1.11. The summed E-state index contributed by atoms with van der Waals surface area (Å²) in [6.45, 7) is 7.59. The number of hydrogen-bond acceptors (Lipinski definition) is 3. The van der Waals surface area contributed by atoms with Crippen molar-refractivity contribution in [3.63, 3.8) is 0 Å². The first kappa shape index (κ1) is 10.7. The molecule has 2 saturated heterocycles. The van der Waals surface area contributed by atoms with Crippen LogP contribution in [0.15, 0.2) is 0 Å². The molecule has 0 aromatic rings. The van der Waals surface area contributed by atoms with Crippen molar-refractivity contribution in [3.8, 4) is 0 Å². The molecular formula is C11H20N2O2. The lowest BCUT2D eigenvalue weighted by Crippen LogP contribution is -2.53. The number of carbonyl (C=O) groups is 1. The van der Waals surface area contributed by atoms with Gasteiger partial charge in [-0.25, -0.2) is 4.79 Å². The van der Waals surface area contributed by atoms with Gasteiger partial charge in [0.15, 0.2) is 0 Å². The second-order valence-electron chi connectivity index (χ2n) is 4.96. The minimum atomic E-state index is -0.137. The van der Waals surface area contributed by atoms with E-state index >= 15 is 0 Å². The molecule has 4 nitrogen and oxygen atoms in total. The van der Waals surface area contributed by atoms with Crippen LogP contribution in [0.25, 0.3) is 0 Å². The molecule has 4 heteroatoms. The van der Waals surface area contributed by atoms with Crippen LogP contribution in [0.4, 0.5) is 4.79 Å². The maximum absolute atomic E-state index is 11.7. The van der Waals surface area contributed by atoms with Gasteiger partial charge in [0.1, 0.15) is 0 Å². The van der Waals surface area contributed by atoms with Crippen LogP contribution >= 0.6 is 0 Å². The van der Waals surface area contributed by atoms with E-state index in [9.17, 15) is 4.79 Å². The molecule has 1 N–H and O–H groups in total. The van der Waals surface area contributed by atoms with Gasteiger partial charge in [-0.05, 0) is 45.2 Å². The average molecular weight is 212 g/mol.